The van der Waals surface area contributed by atoms with Crippen LogP contribution in [0.3, 0.4) is 0 Å². The van der Waals surface area contributed by atoms with Crippen LogP contribution >= 0.6 is 7.82 Å². The van der Waals surface area contributed by atoms with Crippen molar-refractivity contribution in [1.82, 2.24) is 5.32 Å². The molecule has 0 spiro atoms. The second-order valence-electron chi connectivity index (χ2n) is 15.3. The van der Waals surface area contributed by atoms with Crippen molar-refractivity contribution >= 4 is 13.7 Å². The van der Waals surface area contributed by atoms with Gasteiger partial charge < -0.3 is 19.8 Å². The average Bonchev–Trinajstić information content (AvgIpc) is 3.16. The van der Waals surface area contributed by atoms with Crippen molar-refractivity contribution in [3.63, 3.8) is 0 Å². The number of carbonyl (C=O) groups excluding carboxylic acids is 1. The molecule has 0 aromatic rings. The van der Waals surface area contributed by atoms with Gasteiger partial charge in [-0.3, -0.25) is 13.8 Å². The fourth-order valence-corrected chi connectivity index (χ4v) is 5.97. The lowest BCUT2D eigenvalue weighted by Gasteiger charge is -2.25. The molecule has 0 fully saturated rings. The number of phosphoric acid groups is 1. The van der Waals surface area contributed by atoms with E-state index < -0.39 is 20.0 Å². The van der Waals surface area contributed by atoms with Gasteiger partial charge in [0.2, 0.25) is 5.91 Å². The number of nitrogens with zero attached hydrogens (tertiary/aromatic N) is 1. The number of aliphatic hydroxyl groups is 1. The quantitative estimate of drug-likeness (QED) is 0.0250. The zero-order chi connectivity index (χ0) is 42.1. The summed E-state index contributed by atoms with van der Waals surface area (Å²) in [6, 6.07) is -0.889. The molecule has 8 nitrogen and oxygen atoms in total. The third kappa shape index (κ3) is 41.1. The molecule has 0 radical (unpaired) electrons. The minimum atomic E-state index is -4.36. The highest BCUT2D eigenvalue weighted by Gasteiger charge is 2.27. The van der Waals surface area contributed by atoms with E-state index in [-0.39, 0.29) is 19.1 Å². The van der Waals surface area contributed by atoms with Crippen molar-refractivity contribution < 1.29 is 32.9 Å². The van der Waals surface area contributed by atoms with Crippen LogP contribution in [0.15, 0.2) is 109 Å². The molecular formula is C48H82N2O6P+. The van der Waals surface area contributed by atoms with Crippen LogP contribution in [0.25, 0.3) is 0 Å². The standard InChI is InChI=1S/C48H81N2O6P/c1-6-8-10-12-14-16-18-20-21-22-23-24-25-26-27-28-29-30-32-34-36-38-40-42-48(52)49-46(45-56-57(53,54)55-44-43-50(3,4)5)47(51)41-39-37-35-33-31-19-17-15-13-11-9-7-2/h8,10,13-16,20-21,23-24,26-27,29-31,33,39,41,46-47,51H,6-7,9,11-12,17-19,22,25,28,32,34-38,40,42-45H2,1-5H3,(H-,49,52,53,54)/p+1/b10-8-,15-13+,16-14-,21-20-,24-23-,27-26-,30-29-,33-31+,41-39+. The molecule has 0 aromatic carbocycles. The van der Waals surface area contributed by atoms with Crippen molar-refractivity contribution in [3.05, 3.63) is 109 Å². The highest BCUT2D eigenvalue weighted by atomic mass is 31.2. The fourth-order valence-electron chi connectivity index (χ4n) is 5.24. The van der Waals surface area contributed by atoms with Gasteiger partial charge in [-0.15, -0.1) is 0 Å². The first-order chi connectivity index (χ1) is 27.5. The monoisotopic (exact) mass is 814 g/mol. The second kappa shape index (κ2) is 38.7. The van der Waals surface area contributed by atoms with Crippen molar-refractivity contribution in [1.29, 1.82) is 0 Å². The molecule has 3 atom stereocenters. The van der Waals surface area contributed by atoms with Crippen molar-refractivity contribution in [2.24, 2.45) is 0 Å². The van der Waals surface area contributed by atoms with Crippen LogP contribution in [-0.2, 0) is 18.4 Å². The van der Waals surface area contributed by atoms with Crippen LogP contribution < -0.4 is 5.32 Å². The van der Waals surface area contributed by atoms with Gasteiger partial charge in [0.25, 0.3) is 0 Å². The Bertz CT molecular complexity index is 1290. The number of hydrogen-bond acceptors (Lipinski definition) is 5. The summed E-state index contributed by atoms with van der Waals surface area (Å²) in [6.45, 7) is 4.56. The molecule has 0 heterocycles. The van der Waals surface area contributed by atoms with Crippen LogP contribution in [0.4, 0.5) is 0 Å². The number of unbranched alkanes of at least 4 members (excludes halogenated alkanes) is 8. The lowest BCUT2D eigenvalue weighted by Crippen LogP contribution is -2.45. The molecule has 0 rings (SSSR count). The average molecular weight is 814 g/mol. The summed E-state index contributed by atoms with van der Waals surface area (Å²) in [5, 5.41) is 13.7. The first-order valence-corrected chi connectivity index (χ1v) is 23.3. The fraction of sp³-hybridized carbons (Fsp3) is 0.604. The number of phosphoric ester groups is 1. The molecule has 0 aliphatic heterocycles. The minimum Gasteiger partial charge on any atom is -0.387 e. The number of rotatable bonds is 37. The lowest BCUT2D eigenvalue weighted by molar-refractivity contribution is -0.870. The number of nitrogens with one attached hydrogen (secondary N) is 1. The Morgan fingerprint density at radius 3 is 1.60 bits per heavy atom. The SMILES string of the molecule is CC/C=C\C/C=C\C/C=C\C/C=C\C/C=C\C/C=C\CCCCCCC(=O)NC(COP(=O)(O)OCC[N+](C)(C)C)C(O)/C=C/CC/C=C/CC/C=C/CCCC. The summed E-state index contributed by atoms with van der Waals surface area (Å²) >= 11 is 0. The molecule has 0 aliphatic carbocycles. The van der Waals surface area contributed by atoms with E-state index in [0.29, 0.717) is 17.4 Å². The van der Waals surface area contributed by atoms with Crippen LogP contribution in [-0.4, -0.2) is 73.4 Å². The number of aliphatic hydroxyl groups excluding tert-OH is 1. The minimum absolute atomic E-state index is 0.0412. The molecule has 3 unspecified atom stereocenters. The highest BCUT2D eigenvalue weighted by molar-refractivity contribution is 7.47. The topological polar surface area (TPSA) is 105 Å². The Morgan fingerprint density at radius 1 is 0.614 bits per heavy atom. The molecule has 9 heteroatoms. The maximum Gasteiger partial charge on any atom is 0.472 e. The van der Waals surface area contributed by atoms with Gasteiger partial charge in [-0.2, -0.15) is 0 Å². The summed E-state index contributed by atoms with van der Waals surface area (Å²) in [5.74, 6) is -0.224. The van der Waals surface area contributed by atoms with Gasteiger partial charge in [0.1, 0.15) is 13.2 Å². The van der Waals surface area contributed by atoms with Gasteiger partial charge in [-0.05, 0) is 89.9 Å². The number of likely N-dealkylation sites (N-methyl/N-ethyl adjacent to an activating group) is 1. The summed E-state index contributed by atoms with van der Waals surface area (Å²) in [4.78, 5) is 23.1. The number of hydrogen-bond donors (Lipinski definition) is 3. The predicted octanol–water partition coefficient (Wildman–Crippen LogP) is 12.1. The number of quaternary nitrogens is 1. The van der Waals surface area contributed by atoms with Gasteiger partial charge in [0, 0.05) is 6.42 Å². The van der Waals surface area contributed by atoms with Crippen LogP contribution in [0.1, 0.15) is 136 Å². The Labute approximate surface area is 349 Å². The summed E-state index contributed by atoms with van der Waals surface area (Å²) in [5.41, 5.74) is 0. The van der Waals surface area contributed by atoms with E-state index >= 15 is 0 Å². The van der Waals surface area contributed by atoms with Gasteiger partial charge >= 0.3 is 7.82 Å². The summed E-state index contributed by atoms with van der Waals surface area (Å²) < 4.78 is 23.5. The molecule has 0 aliphatic rings. The van der Waals surface area contributed by atoms with Crippen LogP contribution in [0.5, 0.6) is 0 Å². The zero-order valence-electron chi connectivity index (χ0n) is 36.5. The number of amides is 1. The predicted molar refractivity (Wildman–Crippen MR) is 244 cm³/mol. The van der Waals surface area contributed by atoms with E-state index in [4.69, 9.17) is 9.05 Å². The number of carbonyl (C=O) groups is 1. The van der Waals surface area contributed by atoms with E-state index in [1.807, 2.05) is 27.2 Å². The van der Waals surface area contributed by atoms with E-state index in [1.165, 1.54) is 12.8 Å². The van der Waals surface area contributed by atoms with Crippen LogP contribution in [0.2, 0.25) is 0 Å². The van der Waals surface area contributed by atoms with Gasteiger partial charge in [-0.1, -0.05) is 149 Å². The first kappa shape index (κ1) is 54.2. The van der Waals surface area contributed by atoms with Crippen molar-refractivity contribution in [2.45, 2.75) is 148 Å². The molecule has 0 saturated heterocycles. The summed E-state index contributed by atoms with van der Waals surface area (Å²) in [7, 11) is 1.50. The van der Waals surface area contributed by atoms with Crippen molar-refractivity contribution in [3.8, 4) is 0 Å². The second-order valence-corrected chi connectivity index (χ2v) is 16.8. The maximum absolute atomic E-state index is 12.8. The molecule has 0 bridgehead atoms. The lowest BCUT2D eigenvalue weighted by atomic mass is 10.1. The molecule has 324 valence electrons. The van der Waals surface area contributed by atoms with Gasteiger partial charge in [-0.25, -0.2) is 4.57 Å². The van der Waals surface area contributed by atoms with E-state index in [1.54, 1.807) is 6.08 Å². The first-order valence-electron chi connectivity index (χ1n) is 21.8. The summed E-state index contributed by atoms with van der Waals surface area (Å²) in [6.07, 6.45) is 55.9. The Kier molecular flexibility index (Phi) is 36.7. The Balaban J connectivity index is 4.51. The molecular weight excluding hydrogens is 732 g/mol. The smallest absolute Gasteiger partial charge is 0.387 e. The molecule has 3 N–H and O–H groups in total. The Morgan fingerprint density at radius 2 is 1.07 bits per heavy atom. The maximum atomic E-state index is 12.8. The molecule has 0 saturated carbocycles. The van der Waals surface area contributed by atoms with Gasteiger partial charge in [0.05, 0.1) is 39.9 Å². The zero-order valence-corrected chi connectivity index (χ0v) is 37.4. The third-order valence-corrected chi connectivity index (χ3v) is 9.69. The van der Waals surface area contributed by atoms with Gasteiger partial charge in [0.15, 0.2) is 0 Å². The molecule has 57 heavy (non-hydrogen) atoms. The largest absolute Gasteiger partial charge is 0.472 e. The molecule has 0 aromatic heterocycles. The number of allylic oxidation sites excluding steroid dienone is 17. The van der Waals surface area contributed by atoms with Crippen molar-refractivity contribution in [2.75, 3.05) is 40.9 Å². The van der Waals surface area contributed by atoms with E-state index in [0.717, 1.165) is 103 Å². The molecule has 1 amide bonds. The Hall–Kier alpha value is -2.84. The third-order valence-electron chi connectivity index (χ3n) is 8.70. The highest BCUT2D eigenvalue weighted by Crippen LogP contribution is 2.43. The van der Waals surface area contributed by atoms with Crippen LogP contribution in [0, 0.1) is 0 Å². The van der Waals surface area contributed by atoms with E-state index in [2.05, 4.69) is 116 Å². The van der Waals surface area contributed by atoms with E-state index in [9.17, 15) is 19.4 Å². The normalized spacial score (nSPS) is 15.4.